The van der Waals surface area contributed by atoms with Crippen molar-refractivity contribution >= 4 is 21.4 Å². The molecule has 0 spiro atoms. The van der Waals surface area contributed by atoms with Gasteiger partial charge in [0.2, 0.25) is 5.78 Å². The van der Waals surface area contributed by atoms with E-state index in [0.717, 1.165) is 23.0 Å². The molecule has 1 aromatic heterocycles. The minimum Gasteiger partial charge on any atom is -0.511 e. The predicted octanol–water partition coefficient (Wildman–Crippen LogP) is 0.537. The van der Waals surface area contributed by atoms with E-state index in [4.69, 9.17) is 0 Å². The van der Waals surface area contributed by atoms with Crippen LogP contribution in [0.25, 0.3) is 0 Å². The molecule has 0 radical (unpaired) electrons. The van der Waals surface area contributed by atoms with Crippen LogP contribution in [0.2, 0.25) is 0 Å². The van der Waals surface area contributed by atoms with Crippen molar-refractivity contribution in [2.24, 2.45) is 7.05 Å². The second-order valence-corrected chi connectivity index (χ2v) is 7.11. The van der Waals surface area contributed by atoms with Crippen LogP contribution in [-0.2, 0) is 21.7 Å². The number of carbonyl (C=O) groups excluding carboxylic acids is 2. The lowest BCUT2D eigenvalue weighted by Crippen LogP contribution is -2.30. The number of Topliss-reactive ketones (excluding diaryl/α,β-unsaturated/α-hetero) is 2. The maximum atomic E-state index is 12.4. The van der Waals surface area contributed by atoms with E-state index < -0.39 is 27.0 Å². The monoisotopic (exact) mass is 325 g/mol. The van der Waals surface area contributed by atoms with E-state index in [1.165, 1.54) is 7.05 Å². The fraction of sp³-hybridized carbons (Fsp3) is 0.357. The Balaban J connectivity index is 2.60. The Morgan fingerprint density at radius 1 is 1.23 bits per heavy atom. The van der Waals surface area contributed by atoms with E-state index >= 15 is 0 Å². The van der Waals surface area contributed by atoms with Crippen molar-refractivity contribution in [3.05, 3.63) is 39.4 Å². The first-order chi connectivity index (χ1) is 10.1. The molecule has 1 aromatic rings. The molecule has 1 aliphatic rings. The lowest BCUT2D eigenvalue weighted by molar-refractivity contribution is -0.116. The second-order valence-electron chi connectivity index (χ2n) is 5.15. The van der Waals surface area contributed by atoms with Gasteiger partial charge in [-0.15, -0.1) is 0 Å². The van der Waals surface area contributed by atoms with Crippen molar-refractivity contribution in [1.29, 1.82) is 0 Å². The van der Waals surface area contributed by atoms with Gasteiger partial charge in [0.1, 0.15) is 16.4 Å². The summed E-state index contributed by atoms with van der Waals surface area (Å²) in [5.74, 6) is -1.71. The predicted molar refractivity (Wildman–Crippen MR) is 77.6 cm³/mol. The summed E-state index contributed by atoms with van der Waals surface area (Å²) in [5.41, 5.74) is -1.55. The molecule has 0 aliphatic heterocycles. The summed E-state index contributed by atoms with van der Waals surface area (Å²) in [6.45, 7) is 0. The number of aromatic nitrogens is 1. The summed E-state index contributed by atoms with van der Waals surface area (Å²) in [4.78, 5) is 36.3. The molecule has 0 saturated heterocycles. The summed E-state index contributed by atoms with van der Waals surface area (Å²) < 4.78 is 23.9. The number of nitrogens with zero attached hydrogens (tertiary/aromatic N) is 1. The summed E-state index contributed by atoms with van der Waals surface area (Å²) >= 11 is 0. The number of allylic oxidation sites excluding steroid dienone is 2. The maximum absolute atomic E-state index is 12.4. The van der Waals surface area contributed by atoms with Gasteiger partial charge in [-0.25, -0.2) is 8.42 Å². The van der Waals surface area contributed by atoms with E-state index in [-0.39, 0.29) is 34.8 Å². The maximum Gasteiger partial charge on any atom is 0.262 e. The Labute approximate surface area is 126 Å². The summed E-state index contributed by atoms with van der Waals surface area (Å²) in [6, 6.07) is 2.21. The van der Waals surface area contributed by atoms with Gasteiger partial charge in [-0.2, -0.15) is 0 Å². The van der Waals surface area contributed by atoms with Crippen LogP contribution in [0.1, 0.15) is 29.6 Å². The molecule has 22 heavy (non-hydrogen) atoms. The number of aliphatic hydroxyl groups is 1. The van der Waals surface area contributed by atoms with Gasteiger partial charge in [0.25, 0.3) is 5.56 Å². The quantitative estimate of drug-likeness (QED) is 0.641. The lowest BCUT2D eigenvalue weighted by Gasteiger charge is -2.14. The zero-order valence-electron chi connectivity index (χ0n) is 12.1. The molecule has 0 atom stereocenters. The first-order valence-corrected chi connectivity index (χ1v) is 8.44. The van der Waals surface area contributed by atoms with E-state index in [1.807, 2.05) is 0 Å². The van der Waals surface area contributed by atoms with Crippen molar-refractivity contribution in [2.45, 2.75) is 24.3 Å². The van der Waals surface area contributed by atoms with Gasteiger partial charge in [-0.1, -0.05) is 0 Å². The van der Waals surface area contributed by atoms with Crippen molar-refractivity contribution in [1.82, 2.24) is 4.57 Å². The summed E-state index contributed by atoms with van der Waals surface area (Å²) in [5, 5.41) is 9.51. The molecule has 0 aromatic carbocycles. The molecule has 0 unspecified atom stereocenters. The number of hydrogen-bond donors (Lipinski definition) is 1. The molecular weight excluding hydrogens is 310 g/mol. The third-order valence-corrected chi connectivity index (χ3v) is 4.66. The molecule has 1 N–H and O–H groups in total. The molecule has 0 fully saturated rings. The standard InChI is InChI=1S/C14H15NO6S/c1-15-11(22(2,20)21)7-6-8(14(15)19)13(18)12-9(16)4-3-5-10(12)17/h6-7,16H,3-5H2,1-2H3. The van der Waals surface area contributed by atoms with Crippen LogP contribution in [-0.4, -0.2) is 35.9 Å². The number of rotatable bonds is 3. The molecular formula is C14H15NO6S. The Morgan fingerprint density at radius 3 is 2.41 bits per heavy atom. The van der Waals surface area contributed by atoms with Crippen LogP contribution in [0.15, 0.2) is 33.3 Å². The molecule has 118 valence electrons. The second kappa shape index (κ2) is 5.53. The molecule has 2 rings (SSSR count). The van der Waals surface area contributed by atoms with Crippen molar-refractivity contribution < 1.29 is 23.1 Å². The fourth-order valence-corrected chi connectivity index (χ4v) is 3.28. The molecule has 7 nitrogen and oxygen atoms in total. The van der Waals surface area contributed by atoms with Crippen molar-refractivity contribution in [2.75, 3.05) is 6.26 Å². The number of sulfone groups is 1. The molecule has 0 amide bonds. The highest BCUT2D eigenvalue weighted by molar-refractivity contribution is 7.90. The molecule has 0 saturated carbocycles. The number of ketones is 2. The SMILES string of the molecule is Cn1c(S(C)(=O)=O)ccc(C(=O)C2=C(O)CCCC2=O)c1=O. The Bertz CT molecular complexity index is 860. The number of carbonyl (C=O) groups is 2. The highest BCUT2D eigenvalue weighted by Gasteiger charge is 2.29. The first kappa shape index (κ1) is 16.2. The average molecular weight is 325 g/mol. The summed E-state index contributed by atoms with van der Waals surface area (Å²) in [6.07, 6.45) is 1.73. The van der Waals surface area contributed by atoms with E-state index in [2.05, 4.69) is 0 Å². The van der Waals surface area contributed by atoms with Gasteiger partial charge in [0.15, 0.2) is 15.6 Å². The Hall–Kier alpha value is -2.22. The van der Waals surface area contributed by atoms with Crippen LogP contribution in [0.5, 0.6) is 0 Å². The highest BCUT2D eigenvalue weighted by atomic mass is 32.2. The van der Waals surface area contributed by atoms with Crippen molar-refractivity contribution in [3.8, 4) is 0 Å². The van der Waals surface area contributed by atoms with E-state index in [0.29, 0.717) is 6.42 Å². The molecule has 1 heterocycles. The Morgan fingerprint density at radius 2 is 1.86 bits per heavy atom. The normalized spacial score (nSPS) is 16.0. The molecule has 0 bridgehead atoms. The minimum absolute atomic E-state index is 0.132. The lowest BCUT2D eigenvalue weighted by atomic mass is 9.91. The summed E-state index contributed by atoms with van der Waals surface area (Å²) in [7, 11) is -2.39. The zero-order chi connectivity index (χ0) is 16.7. The fourth-order valence-electron chi connectivity index (χ4n) is 2.38. The highest BCUT2D eigenvalue weighted by Crippen LogP contribution is 2.22. The van der Waals surface area contributed by atoms with Gasteiger partial charge in [0, 0.05) is 26.1 Å². The minimum atomic E-state index is -3.62. The number of aliphatic hydroxyl groups excluding tert-OH is 1. The smallest absolute Gasteiger partial charge is 0.262 e. The average Bonchev–Trinajstić information content (AvgIpc) is 2.40. The first-order valence-electron chi connectivity index (χ1n) is 6.54. The number of pyridine rings is 1. The molecule has 1 aliphatic carbocycles. The largest absolute Gasteiger partial charge is 0.511 e. The van der Waals surface area contributed by atoms with Gasteiger partial charge >= 0.3 is 0 Å². The molecule has 8 heteroatoms. The third-order valence-electron chi connectivity index (χ3n) is 3.49. The van der Waals surface area contributed by atoms with Crippen LogP contribution in [0, 0.1) is 0 Å². The number of hydrogen-bond acceptors (Lipinski definition) is 6. The van der Waals surface area contributed by atoms with Crippen LogP contribution in [0.4, 0.5) is 0 Å². The van der Waals surface area contributed by atoms with Gasteiger partial charge in [-0.3, -0.25) is 14.4 Å². The Kier molecular flexibility index (Phi) is 4.06. The van der Waals surface area contributed by atoms with Crippen molar-refractivity contribution in [3.63, 3.8) is 0 Å². The van der Waals surface area contributed by atoms with Crippen LogP contribution < -0.4 is 5.56 Å². The topological polar surface area (TPSA) is 111 Å². The van der Waals surface area contributed by atoms with E-state index in [1.54, 1.807) is 0 Å². The zero-order valence-corrected chi connectivity index (χ0v) is 12.9. The van der Waals surface area contributed by atoms with Gasteiger partial charge in [-0.05, 0) is 18.6 Å². The van der Waals surface area contributed by atoms with Crippen LogP contribution >= 0.6 is 0 Å². The van der Waals surface area contributed by atoms with E-state index in [9.17, 15) is 27.9 Å². The van der Waals surface area contributed by atoms with Gasteiger partial charge in [0.05, 0.1) is 5.56 Å². The van der Waals surface area contributed by atoms with Crippen LogP contribution in [0.3, 0.4) is 0 Å². The third kappa shape index (κ3) is 2.74. The van der Waals surface area contributed by atoms with Gasteiger partial charge < -0.3 is 9.67 Å².